The predicted octanol–water partition coefficient (Wildman–Crippen LogP) is 2.29. The Labute approximate surface area is 57.0 Å². The molecule has 0 amide bonds. The van der Waals surface area contributed by atoms with Crippen LogP contribution in [0.15, 0.2) is 24.3 Å². The van der Waals surface area contributed by atoms with Crippen LogP contribution in [0.5, 0.6) is 0 Å². The lowest BCUT2D eigenvalue weighted by Crippen LogP contribution is -1.77. The highest BCUT2D eigenvalue weighted by Crippen LogP contribution is 2.20. The molecule has 0 saturated heterocycles. The van der Waals surface area contributed by atoms with Crippen LogP contribution in [0, 0.1) is 0 Å². The van der Waals surface area contributed by atoms with Crippen molar-refractivity contribution in [3.05, 3.63) is 35.4 Å². The third-order valence-corrected chi connectivity index (χ3v) is 2.01. The van der Waals surface area contributed by atoms with Crippen LogP contribution in [0.25, 0.3) is 0 Å². The van der Waals surface area contributed by atoms with Gasteiger partial charge in [-0.2, -0.15) is 0 Å². The van der Waals surface area contributed by atoms with Crippen molar-refractivity contribution in [2.24, 2.45) is 0 Å². The van der Waals surface area contributed by atoms with Gasteiger partial charge in [-0.25, -0.2) is 0 Å². The predicted molar refractivity (Wildman–Crippen MR) is 39.6 cm³/mol. The van der Waals surface area contributed by atoms with Crippen LogP contribution < -0.4 is 0 Å². The zero-order valence-electron chi connectivity index (χ0n) is 6.43. The summed E-state index contributed by atoms with van der Waals surface area (Å²) in [5.74, 6) is 0. The van der Waals surface area contributed by atoms with Gasteiger partial charge < -0.3 is 0 Å². The molecule has 1 aliphatic carbocycles. The fourth-order valence-electron chi connectivity index (χ4n) is 1.51. The van der Waals surface area contributed by atoms with Gasteiger partial charge in [0, 0.05) is 0 Å². The van der Waals surface area contributed by atoms with Crippen molar-refractivity contribution in [3.8, 4) is 0 Å². The second-order valence-corrected chi connectivity index (χ2v) is 2.62. The lowest BCUT2D eigenvalue weighted by atomic mass is 10.1. The fraction of sp³-hybridized carbons (Fsp3) is 0.333. The van der Waals surface area contributed by atoms with E-state index in [2.05, 4.69) is 24.3 Å². The fourth-order valence-corrected chi connectivity index (χ4v) is 1.51. The molecule has 0 radical (unpaired) electrons. The molecule has 1 aliphatic rings. The first-order valence-electron chi connectivity index (χ1n) is 3.53. The van der Waals surface area contributed by atoms with Gasteiger partial charge in [0.1, 0.15) is 0 Å². The van der Waals surface area contributed by atoms with Gasteiger partial charge in [0.05, 0.1) is 0 Å². The standard InChI is InChI=1S/C9H10/c1-2-5-9-7-3-6-8(9)4-1/h1-2,4-5H,3,6-7H2/p+1. The first-order valence-corrected chi connectivity index (χ1v) is 3.53. The largest absolute Gasteiger partial charge is 1.00 e. The molecule has 46 valence electrons. The maximum Gasteiger partial charge on any atom is 1.00 e. The van der Waals surface area contributed by atoms with E-state index in [1.54, 1.807) is 11.1 Å². The average molecular weight is 119 g/mol. The molecule has 0 heteroatoms. The van der Waals surface area contributed by atoms with E-state index in [1.807, 2.05) is 0 Å². The topological polar surface area (TPSA) is 0 Å². The molecule has 0 aliphatic heterocycles. The molecule has 1 aromatic carbocycles. The summed E-state index contributed by atoms with van der Waals surface area (Å²) in [6, 6.07) is 8.74. The molecular formula is C9H11+. The van der Waals surface area contributed by atoms with Gasteiger partial charge >= 0.3 is 1.43 Å². The molecule has 0 heterocycles. The number of fused-ring (bicyclic) bond motifs is 1. The lowest BCUT2D eigenvalue weighted by molar-refractivity contribution is 0.912. The van der Waals surface area contributed by atoms with Crippen LogP contribution in [-0.4, -0.2) is 0 Å². The highest BCUT2D eigenvalue weighted by Gasteiger charge is 2.07. The van der Waals surface area contributed by atoms with Crippen molar-refractivity contribution in [2.45, 2.75) is 19.3 Å². The zero-order valence-corrected chi connectivity index (χ0v) is 5.43. The Balaban J connectivity index is 0.000000500. The third-order valence-electron chi connectivity index (χ3n) is 2.01. The molecule has 1 aromatic rings. The van der Waals surface area contributed by atoms with Crippen LogP contribution in [0.1, 0.15) is 19.0 Å². The molecule has 2 rings (SSSR count). The molecule has 0 N–H and O–H groups in total. The van der Waals surface area contributed by atoms with Crippen LogP contribution in [0.2, 0.25) is 0 Å². The lowest BCUT2D eigenvalue weighted by Gasteiger charge is -1.93. The minimum absolute atomic E-state index is 0. The summed E-state index contributed by atoms with van der Waals surface area (Å²) in [5, 5.41) is 0. The Morgan fingerprint density at radius 2 is 1.56 bits per heavy atom. The van der Waals surface area contributed by atoms with E-state index in [-0.39, 0.29) is 1.43 Å². The molecule has 0 nitrogen and oxygen atoms in total. The highest BCUT2D eigenvalue weighted by molar-refractivity contribution is 5.30. The molecule has 0 atom stereocenters. The summed E-state index contributed by atoms with van der Waals surface area (Å²) < 4.78 is 0. The van der Waals surface area contributed by atoms with Crippen molar-refractivity contribution in [1.82, 2.24) is 0 Å². The van der Waals surface area contributed by atoms with Gasteiger partial charge in [0.15, 0.2) is 0 Å². The highest BCUT2D eigenvalue weighted by atomic mass is 14.1. The molecule has 0 spiro atoms. The van der Waals surface area contributed by atoms with Gasteiger partial charge in [-0.05, 0) is 30.4 Å². The van der Waals surface area contributed by atoms with Crippen molar-refractivity contribution in [1.29, 1.82) is 0 Å². The van der Waals surface area contributed by atoms with E-state index in [1.165, 1.54) is 19.3 Å². The van der Waals surface area contributed by atoms with E-state index < -0.39 is 0 Å². The maximum absolute atomic E-state index is 2.24. The summed E-state index contributed by atoms with van der Waals surface area (Å²) >= 11 is 0. The molecule has 0 saturated carbocycles. The summed E-state index contributed by atoms with van der Waals surface area (Å²) in [4.78, 5) is 0. The maximum atomic E-state index is 2.24. The van der Waals surface area contributed by atoms with Gasteiger partial charge in [-0.1, -0.05) is 24.3 Å². The van der Waals surface area contributed by atoms with Crippen molar-refractivity contribution in [3.63, 3.8) is 0 Å². The summed E-state index contributed by atoms with van der Waals surface area (Å²) in [6.45, 7) is 0. The summed E-state index contributed by atoms with van der Waals surface area (Å²) in [7, 11) is 0. The van der Waals surface area contributed by atoms with Gasteiger partial charge in [0.25, 0.3) is 0 Å². The molecule has 0 fully saturated rings. The zero-order chi connectivity index (χ0) is 6.10. The van der Waals surface area contributed by atoms with E-state index >= 15 is 0 Å². The Morgan fingerprint density at radius 3 is 2.11 bits per heavy atom. The first-order chi connectivity index (χ1) is 4.47. The van der Waals surface area contributed by atoms with Crippen molar-refractivity contribution in [2.75, 3.05) is 0 Å². The second kappa shape index (κ2) is 1.87. The first kappa shape index (κ1) is 5.04. The van der Waals surface area contributed by atoms with Crippen LogP contribution in [-0.2, 0) is 12.8 Å². The second-order valence-electron chi connectivity index (χ2n) is 2.62. The number of rotatable bonds is 0. The molecule has 0 unspecified atom stereocenters. The number of aryl methyl sites for hydroxylation is 2. The van der Waals surface area contributed by atoms with Crippen LogP contribution in [0.3, 0.4) is 0 Å². The Kier molecular flexibility index (Phi) is 1.05. The van der Waals surface area contributed by atoms with Crippen molar-refractivity contribution >= 4 is 0 Å². The van der Waals surface area contributed by atoms with E-state index in [0.717, 1.165) is 0 Å². The van der Waals surface area contributed by atoms with Gasteiger partial charge in [0.2, 0.25) is 0 Å². The SMILES string of the molecule is [H+].c1ccc2c(c1)CCC2. The Morgan fingerprint density at radius 1 is 1.00 bits per heavy atom. The summed E-state index contributed by atoms with van der Waals surface area (Å²) in [5.41, 5.74) is 3.13. The smallest absolute Gasteiger partial charge is 0.0620 e. The Bertz CT molecular complexity index is 195. The Hall–Kier alpha value is -0.780. The van der Waals surface area contributed by atoms with Crippen LogP contribution in [0.4, 0.5) is 0 Å². The number of hydrogen-bond acceptors (Lipinski definition) is 0. The number of benzene rings is 1. The van der Waals surface area contributed by atoms with Crippen LogP contribution >= 0.6 is 0 Å². The quantitative estimate of drug-likeness (QED) is 0.491. The third kappa shape index (κ3) is 0.748. The minimum atomic E-state index is 0. The average Bonchev–Trinajstić information content (AvgIpc) is 2.33. The number of hydrogen-bond donors (Lipinski definition) is 0. The molecule has 9 heavy (non-hydrogen) atoms. The van der Waals surface area contributed by atoms with Gasteiger partial charge in [-0.3, -0.25) is 0 Å². The van der Waals surface area contributed by atoms with Crippen molar-refractivity contribution < 1.29 is 1.43 Å². The van der Waals surface area contributed by atoms with E-state index in [0.29, 0.717) is 0 Å². The normalized spacial score (nSPS) is 15.6. The van der Waals surface area contributed by atoms with E-state index in [4.69, 9.17) is 0 Å². The minimum Gasteiger partial charge on any atom is -0.0620 e. The molecule has 0 aromatic heterocycles. The monoisotopic (exact) mass is 119 g/mol. The van der Waals surface area contributed by atoms with E-state index in [9.17, 15) is 0 Å². The van der Waals surface area contributed by atoms with Gasteiger partial charge in [-0.15, -0.1) is 0 Å². The summed E-state index contributed by atoms with van der Waals surface area (Å²) in [6.07, 6.45) is 3.96. The molecular weight excluding hydrogens is 108 g/mol. The molecule has 0 bridgehead atoms.